The number of esters is 1. The Balaban J connectivity index is 2.62. The number of fused-ring (bicyclic) bond motifs is 1. The minimum atomic E-state index is -0.214. The first-order valence-electron chi connectivity index (χ1n) is 8.71. The number of rotatable bonds is 4. The van der Waals surface area contributed by atoms with Gasteiger partial charge in [-0.1, -0.05) is 26.3 Å². The van der Waals surface area contributed by atoms with Crippen LogP contribution in [0.2, 0.25) is 0 Å². The Hall–Kier alpha value is -1.51. The number of hydrogen-bond acceptors (Lipinski definition) is 3. The number of ether oxygens (including phenoxy) is 1. The van der Waals surface area contributed by atoms with Crippen molar-refractivity contribution in [2.75, 3.05) is 12.0 Å². The van der Waals surface area contributed by atoms with Crippen LogP contribution in [0.1, 0.15) is 69.6 Å². The smallest absolute Gasteiger partial charge is 0.328 e. The summed E-state index contributed by atoms with van der Waals surface area (Å²) in [6, 6.07) is 4.35. The van der Waals surface area contributed by atoms with E-state index >= 15 is 0 Å². The molecule has 0 spiro atoms. The number of benzene rings is 1. The molecule has 0 unspecified atom stereocenters. The van der Waals surface area contributed by atoms with Gasteiger partial charge in [0.1, 0.15) is 6.04 Å². The van der Waals surface area contributed by atoms with Gasteiger partial charge in [-0.25, -0.2) is 4.79 Å². The second-order valence-corrected chi connectivity index (χ2v) is 7.61. The van der Waals surface area contributed by atoms with Gasteiger partial charge in [-0.3, -0.25) is 0 Å². The lowest BCUT2D eigenvalue weighted by molar-refractivity contribution is -0.142. The summed E-state index contributed by atoms with van der Waals surface area (Å²) in [5.74, 6) is 0.370. The highest BCUT2D eigenvalue weighted by molar-refractivity contribution is 5.82. The summed E-state index contributed by atoms with van der Waals surface area (Å²) < 4.78 is 5.13. The molecule has 0 N–H and O–H groups in total. The highest BCUT2D eigenvalue weighted by Gasteiger charge is 2.42. The molecule has 2 rings (SSSR count). The lowest BCUT2D eigenvalue weighted by Crippen LogP contribution is -2.56. The Kier molecular flexibility index (Phi) is 5.07. The molecule has 0 bridgehead atoms. The summed E-state index contributed by atoms with van der Waals surface area (Å²) in [6.45, 7) is 13.2. The normalized spacial score (nSPS) is 20.8. The van der Waals surface area contributed by atoms with E-state index in [-0.39, 0.29) is 17.6 Å². The van der Waals surface area contributed by atoms with Crippen molar-refractivity contribution in [2.45, 2.75) is 78.3 Å². The molecule has 2 atom stereocenters. The number of carbonyl (C=O) groups excluding carboxylic acids is 1. The second kappa shape index (κ2) is 6.54. The van der Waals surface area contributed by atoms with E-state index in [1.54, 1.807) is 0 Å². The summed E-state index contributed by atoms with van der Waals surface area (Å²) in [6.07, 6.45) is 2.82. The molecule has 0 saturated carbocycles. The van der Waals surface area contributed by atoms with Crippen LogP contribution in [0.4, 0.5) is 5.69 Å². The van der Waals surface area contributed by atoms with Crippen LogP contribution < -0.4 is 4.90 Å². The zero-order chi connectivity index (χ0) is 17.4. The van der Waals surface area contributed by atoms with Crippen molar-refractivity contribution in [3.63, 3.8) is 0 Å². The molecule has 1 aromatic carbocycles. The molecule has 1 aliphatic rings. The van der Waals surface area contributed by atoms with E-state index in [0.29, 0.717) is 5.92 Å². The molecule has 1 heterocycles. The number of nitrogens with zero attached hydrogens (tertiary/aromatic N) is 1. The molecule has 0 radical (unpaired) electrons. The van der Waals surface area contributed by atoms with Gasteiger partial charge in [0.05, 0.1) is 7.11 Å². The SMILES string of the molecule is CCC[C@@H](C(=O)OC)N1c2cc(C)c(C)cc2[C@@H](C)CC1(C)C. The van der Waals surface area contributed by atoms with Crippen molar-refractivity contribution in [2.24, 2.45) is 0 Å². The van der Waals surface area contributed by atoms with Gasteiger partial charge in [-0.05, 0) is 69.2 Å². The van der Waals surface area contributed by atoms with Gasteiger partial charge in [0.15, 0.2) is 0 Å². The van der Waals surface area contributed by atoms with Gasteiger partial charge in [0.25, 0.3) is 0 Å². The van der Waals surface area contributed by atoms with Crippen LogP contribution in [0, 0.1) is 13.8 Å². The largest absolute Gasteiger partial charge is 0.467 e. The van der Waals surface area contributed by atoms with E-state index in [2.05, 4.69) is 58.6 Å². The maximum atomic E-state index is 12.5. The maximum Gasteiger partial charge on any atom is 0.328 e. The third-order valence-electron chi connectivity index (χ3n) is 5.24. The summed E-state index contributed by atoms with van der Waals surface area (Å²) in [7, 11) is 1.49. The Bertz CT molecular complexity index is 592. The molecule has 0 saturated heterocycles. The van der Waals surface area contributed by atoms with E-state index in [9.17, 15) is 4.79 Å². The molecule has 3 heteroatoms. The fraction of sp³-hybridized carbons (Fsp3) is 0.650. The van der Waals surface area contributed by atoms with Crippen molar-refractivity contribution in [1.29, 1.82) is 0 Å². The number of methoxy groups -OCH3 is 1. The Morgan fingerprint density at radius 3 is 2.52 bits per heavy atom. The van der Waals surface area contributed by atoms with Gasteiger partial charge in [-0.2, -0.15) is 0 Å². The summed E-state index contributed by atoms with van der Waals surface area (Å²) in [4.78, 5) is 14.8. The first-order valence-corrected chi connectivity index (χ1v) is 8.71. The average molecular weight is 317 g/mol. The van der Waals surface area contributed by atoms with E-state index in [4.69, 9.17) is 4.74 Å². The Labute approximate surface area is 141 Å². The van der Waals surface area contributed by atoms with Crippen LogP contribution in [0.15, 0.2) is 12.1 Å². The number of hydrogen-bond donors (Lipinski definition) is 0. The van der Waals surface area contributed by atoms with Crippen LogP contribution >= 0.6 is 0 Å². The standard InChI is InChI=1S/C20H31NO2/c1-8-9-17(19(22)23-7)21-18-11-14(3)13(2)10-16(18)15(4)12-20(21,5)6/h10-11,15,17H,8-9,12H2,1-7H3/t15-,17-/m0/s1. The first kappa shape index (κ1) is 17.8. The quantitative estimate of drug-likeness (QED) is 0.751. The van der Waals surface area contributed by atoms with Crippen molar-refractivity contribution in [3.8, 4) is 0 Å². The topological polar surface area (TPSA) is 29.5 Å². The van der Waals surface area contributed by atoms with Crippen molar-refractivity contribution in [3.05, 3.63) is 28.8 Å². The summed E-state index contributed by atoms with van der Waals surface area (Å²) >= 11 is 0. The van der Waals surface area contributed by atoms with Crippen molar-refractivity contribution >= 4 is 11.7 Å². The number of carbonyl (C=O) groups is 1. The predicted molar refractivity (Wildman–Crippen MR) is 96.2 cm³/mol. The van der Waals surface area contributed by atoms with Crippen LogP contribution in [0.3, 0.4) is 0 Å². The minimum absolute atomic E-state index is 0.0673. The third-order valence-corrected chi connectivity index (χ3v) is 5.24. The van der Waals surface area contributed by atoms with Crippen molar-refractivity contribution < 1.29 is 9.53 Å². The fourth-order valence-corrected chi connectivity index (χ4v) is 4.06. The van der Waals surface area contributed by atoms with Gasteiger partial charge >= 0.3 is 5.97 Å². The first-order chi connectivity index (χ1) is 10.7. The van der Waals surface area contributed by atoms with Gasteiger partial charge < -0.3 is 9.64 Å². The molecule has 1 aromatic rings. The van der Waals surface area contributed by atoms with Crippen LogP contribution in [0.25, 0.3) is 0 Å². The van der Waals surface area contributed by atoms with Crippen molar-refractivity contribution in [1.82, 2.24) is 0 Å². The average Bonchev–Trinajstić information content (AvgIpc) is 2.47. The Morgan fingerprint density at radius 2 is 1.96 bits per heavy atom. The maximum absolute atomic E-state index is 12.5. The monoisotopic (exact) mass is 317 g/mol. The molecule has 0 aromatic heterocycles. The van der Waals surface area contributed by atoms with Crippen LogP contribution in [-0.4, -0.2) is 24.7 Å². The minimum Gasteiger partial charge on any atom is -0.467 e. The molecule has 128 valence electrons. The zero-order valence-electron chi connectivity index (χ0n) is 15.7. The molecule has 0 fully saturated rings. The van der Waals surface area contributed by atoms with Crippen LogP contribution in [-0.2, 0) is 9.53 Å². The Morgan fingerprint density at radius 1 is 1.35 bits per heavy atom. The molecular formula is C20H31NO2. The van der Waals surface area contributed by atoms with E-state index in [1.807, 2.05) is 0 Å². The molecule has 0 aliphatic carbocycles. The van der Waals surface area contributed by atoms with Gasteiger partial charge in [0, 0.05) is 11.2 Å². The van der Waals surface area contributed by atoms with Gasteiger partial charge in [0.2, 0.25) is 0 Å². The van der Waals surface area contributed by atoms with Crippen LogP contribution in [0.5, 0.6) is 0 Å². The highest BCUT2D eigenvalue weighted by atomic mass is 16.5. The summed E-state index contributed by atoms with van der Waals surface area (Å²) in [5.41, 5.74) is 5.10. The number of aryl methyl sites for hydroxylation is 2. The number of anilines is 1. The molecular weight excluding hydrogens is 286 g/mol. The second-order valence-electron chi connectivity index (χ2n) is 7.61. The molecule has 23 heavy (non-hydrogen) atoms. The van der Waals surface area contributed by atoms with E-state index < -0.39 is 0 Å². The third kappa shape index (κ3) is 3.24. The van der Waals surface area contributed by atoms with E-state index in [0.717, 1.165) is 19.3 Å². The summed E-state index contributed by atoms with van der Waals surface area (Å²) in [5, 5.41) is 0. The predicted octanol–water partition coefficient (Wildman–Crippen LogP) is 4.74. The molecule has 1 aliphatic heterocycles. The van der Waals surface area contributed by atoms with Gasteiger partial charge in [-0.15, -0.1) is 0 Å². The lowest BCUT2D eigenvalue weighted by Gasteiger charge is -2.50. The molecule has 0 amide bonds. The molecule has 3 nitrogen and oxygen atoms in total. The van der Waals surface area contributed by atoms with E-state index in [1.165, 1.54) is 29.5 Å². The highest BCUT2D eigenvalue weighted by Crippen LogP contribution is 2.46. The lowest BCUT2D eigenvalue weighted by atomic mass is 9.78. The fourth-order valence-electron chi connectivity index (χ4n) is 4.06. The zero-order valence-corrected chi connectivity index (χ0v) is 15.7.